The molecule has 6 heteroatoms. The third kappa shape index (κ3) is 3.49. The zero-order chi connectivity index (χ0) is 15.5. The first kappa shape index (κ1) is 14.9. The topological polar surface area (TPSA) is 61.9 Å². The fraction of sp³-hybridized carbons (Fsp3) is 0.412. The molecule has 1 aromatic carbocycles. The Morgan fingerprint density at radius 1 is 1.17 bits per heavy atom. The number of piperidine rings is 1. The molecule has 0 bridgehead atoms. The van der Waals surface area contributed by atoms with Crippen LogP contribution >= 0.6 is 11.8 Å². The largest absolute Gasteiger partial charge is 0.337 e. The summed E-state index contributed by atoms with van der Waals surface area (Å²) in [5.41, 5.74) is 2.43. The van der Waals surface area contributed by atoms with Crippen LogP contribution < -0.4 is 16.0 Å². The number of hydrogen-bond donors (Lipinski definition) is 3. The highest BCUT2D eigenvalue weighted by Crippen LogP contribution is 2.41. The van der Waals surface area contributed by atoms with E-state index < -0.39 is 0 Å². The van der Waals surface area contributed by atoms with Gasteiger partial charge in [-0.3, -0.25) is 0 Å². The van der Waals surface area contributed by atoms with E-state index in [2.05, 4.69) is 44.1 Å². The van der Waals surface area contributed by atoms with Gasteiger partial charge in [0.25, 0.3) is 0 Å². The van der Waals surface area contributed by atoms with Crippen LogP contribution in [0.3, 0.4) is 0 Å². The van der Waals surface area contributed by atoms with E-state index in [1.54, 1.807) is 24.2 Å². The first-order valence-electron chi connectivity index (χ1n) is 8.19. The van der Waals surface area contributed by atoms with Gasteiger partial charge < -0.3 is 16.0 Å². The number of rotatable bonds is 4. The molecule has 2 aromatic rings. The molecule has 0 radical (unpaired) electrons. The van der Waals surface area contributed by atoms with Gasteiger partial charge in [0.05, 0.1) is 5.69 Å². The lowest BCUT2D eigenvalue weighted by Gasteiger charge is -2.23. The van der Waals surface area contributed by atoms with Gasteiger partial charge >= 0.3 is 0 Å². The second kappa shape index (κ2) is 6.86. The molecule has 3 heterocycles. The quantitative estimate of drug-likeness (QED) is 0.685. The molecular weight excluding hydrogens is 306 g/mol. The van der Waals surface area contributed by atoms with E-state index in [1.165, 1.54) is 23.3 Å². The van der Waals surface area contributed by atoms with Crippen molar-refractivity contribution in [3.05, 3.63) is 36.2 Å². The average molecular weight is 327 g/mol. The van der Waals surface area contributed by atoms with Gasteiger partial charge in [0, 0.05) is 23.8 Å². The number of nitrogens with zero attached hydrogens (tertiary/aromatic N) is 2. The Morgan fingerprint density at radius 3 is 2.96 bits per heavy atom. The maximum atomic E-state index is 4.36. The van der Waals surface area contributed by atoms with E-state index in [0.717, 1.165) is 48.6 Å². The monoisotopic (exact) mass is 327 g/mol. The molecule has 0 atom stereocenters. The van der Waals surface area contributed by atoms with E-state index in [1.807, 2.05) is 0 Å². The van der Waals surface area contributed by atoms with Crippen LogP contribution in [0, 0.1) is 5.92 Å². The normalized spacial score (nSPS) is 17.2. The number of anilines is 2. The summed E-state index contributed by atoms with van der Waals surface area (Å²) in [6.07, 6.45) is 6.02. The van der Waals surface area contributed by atoms with Crippen LogP contribution in [0.2, 0.25) is 0 Å². The average Bonchev–Trinajstić information content (AvgIpc) is 2.61. The maximum absolute atomic E-state index is 4.36. The van der Waals surface area contributed by atoms with Gasteiger partial charge in [-0.25, -0.2) is 9.97 Å². The predicted octanol–water partition coefficient (Wildman–Crippen LogP) is 2.77. The van der Waals surface area contributed by atoms with E-state index in [0.29, 0.717) is 0 Å². The zero-order valence-corrected chi connectivity index (χ0v) is 13.8. The van der Waals surface area contributed by atoms with Crippen LogP contribution in [-0.4, -0.2) is 29.6 Å². The van der Waals surface area contributed by atoms with Crippen molar-refractivity contribution in [2.75, 3.05) is 25.0 Å². The van der Waals surface area contributed by atoms with Gasteiger partial charge in [-0.15, -0.1) is 0 Å². The minimum Gasteiger partial charge on any atom is -0.337 e. The molecule has 0 amide bonds. The number of hydrogen-bond acceptors (Lipinski definition) is 6. The summed E-state index contributed by atoms with van der Waals surface area (Å²) < 4.78 is 0. The first-order valence-corrected chi connectivity index (χ1v) is 9.00. The molecule has 0 spiro atoms. The summed E-state index contributed by atoms with van der Waals surface area (Å²) in [6, 6.07) is 6.59. The molecule has 2 aliphatic heterocycles. The van der Waals surface area contributed by atoms with Gasteiger partial charge in [-0.2, -0.15) is 0 Å². The molecule has 2 aliphatic rings. The molecule has 0 saturated carbocycles. The van der Waals surface area contributed by atoms with Crippen molar-refractivity contribution in [3.63, 3.8) is 0 Å². The molecule has 5 nitrogen and oxygen atoms in total. The molecule has 120 valence electrons. The molecule has 1 aromatic heterocycles. The lowest BCUT2D eigenvalue weighted by Crippen LogP contribution is -2.33. The Labute approximate surface area is 140 Å². The van der Waals surface area contributed by atoms with Crippen molar-refractivity contribution in [2.45, 2.75) is 29.3 Å². The van der Waals surface area contributed by atoms with Gasteiger partial charge in [-0.1, -0.05) is 17.8 Å². The van der Waals surface area contributed by atoms with Gasteiger partial charge in [0.1, 0.15) is 5.03 Å². The Bertz CT molecular complexity index is 684. The fourth-order valence-electron chi connectivity index (χ4n) is 3.10. The molecule has 1 saturated heterocycles. The fourth-order valence-corrected chi connectivity index (χ4v) is 3.98. The Balaban J connectivity index is 1.38. The number of nitrogens with one attached hydrogen (secondary N) is 3. The van der Waals surface area contributed by atoms with Crippen LogP contribution in [0.4, 0.5) is 11.5 Å². The second-order valence-electron chi connectivity index (χ2n) is 6.09. The summed E-state index contributed by atoms with van der Waals surface area (Å²) in [5, 5.41) is 11.4. The minimum absolute atomic E-state index is 0.810. The van der Waals surface area contributed by atoms with Crippen LogP contribution in [0.25, 0.3) is 0 Å². The molecule has 4 rings (SSSR count). The smallest absolute Gasteiger partial charge is 0.163 e. The first-order chi connectivity index (χ1) is 11.4. The Morgan fingerprint density at radius 2 is 2.04 bits per heavy atom. The van der Waals surface area contributed by atoms with Gasteiger partial charge in [-0.05, 0) is 56.1 Å². The number of benzene rings is 1. The zero-order valence-electron chi connectivity index (χ0n) is 13.0. The van der Waals surface area contributed by atoms with Crippen molar-refractivity contribution in [1.82, 2.24) is 20.6 Å². The Hall–Kier alpha value is -1.63. The van der Waals surface area contributed by atoms with Crippen molar-refractivity contribution in [3.8, 4) is 0 Å². The summed E-state index contributed by atoms with van der Waals surface area (Å²) in [7, 11) is 0. The molecular formula is C17H21N5S. The lowest BCUT2D eigenvalue weighted by atomic mass is 9.98. The van der Waals surface area contributed by atoms with Gasteiger partial charge in [0.15, 0.2) is 5.82 Å². The maximum Gasteiger partial charge on any atom is 0.163 e. The third-order valence-corrected chi connectivity index (χ3v) is 5.46. The minimum atomic E-state index is 0.810. The van der Waals surface area contributed by atoms with Crippen LogP contribution in [0.15, 0.2) is 40.5 Å². The summed E-state index contributed by atoms with van der Waals surface area (Å²) in [6.45, 7) is 4.34. The van der Waals surface area contributed by atoms with E-state index >= 15 is 0 Å². The van der Waals surface area contributed by atoms with Crippen molar-refractivity contribution in [2.24, 2.45) is 5.92 Å². The van der Waals surface area contributed by atoms with Gasteiger partial charge in [0.2, 0.25) is 0 Å². The highest BCUT2D eigenvalue weighted by molar-refractivity contribution is 7.99. The predicted molar refractivity (Wildman–Crippen MR) is 93.2 cm³/mol. The van der Waals surface area contributed by atoms with Crippen LogP contribution in [-0.2, 0) is 6.54 Å². The molecule has 23 heavy (non-hydrogen) atoms. The number of fused-ring (bicyclic) bond motifs is 2. The summed E-state index contributed by atoms with van der Waals surface area (Å²) in [4.78, 5) is 9.93. The SMILES string of the molecule is c1cnc2c(n1)Nc1cc(CNCC3CCNCC3)ccc1S2. The van der Waals surface area contributed by atoms with Crippen molar-refractivity contribution < 1.29 is 0 Å². The van der Waals surface area contributed by atoms with E-state index in [9.17, 15) is 0 Å². The second-order valence-corrected chi connectivity index (χ2v) is 7.12. The van der Waals surface area contributed by atoms with E-state index in [4.69, 9.17) is 0 Å². The molecule has 0 unspecified atom stereocenters. The highest BCUT2D eigenvalue weighted by Gasteiger charge is 2.18. The highest BCUT2D eigenvalue weighted by atomic mass is 32.2. The Kier molecular flexibility index (Phi) is 4.46. The third-order valence-electron chi connectivity index (χ3n) is 4.39. The lowest BCUT2D eigenvalue weighted by molar-refractivity contribution is 0.356. The van der Waals surface area contributed by atoms with Crippen LogP contribution in [0.1, 0.15) is 18.4 Å². The summed E-state index contributed by atoms with van der Waals surface area (Å²) >= 11 is 1.67. The van der Waals surface area contributed by atoms with Crippen LogP contribution in [0.5, 0.6) is 0 Å². The van der Waals surface area contributed by atoms with Crippen molar-refractivity contribution in [1.29, 1.82) is 0 Å². The van der Waals surface area contributed by atoms with E-state index in [-0.39, 0.29) is 0 Å². The molecule has 3 N–H and O–H groups in total. The molecule has 0 aliphatic carbocycles. The number of aromatic nitrogens is 2. The standard InChI is InChI=1S/C17H21N5S/c1-2-15-14(22-16-17(23-15)21-8-7-20-16)9-13(1)11-19-10-12-3-5-18-6-4-12/h1-2,7-9,12,18-19H,3-6,10-11H2,(H,20,22). The summed E-state index contributed by atoms with van der Waals surface area (Å²) in [5.74, 6) is 1.66. The van der Waals surface area contributed by atoms with Crippen molar-refractivity contribution >= 4 is 23.3 Å². The molecule has 1 fully saturated rings.